The molecule has 1 aliphatic rings. The van der Waals surface area contributed by atoms with E-state index in [2.05, 4.69) is 12.2 Å². The summed E-state index contributed by atoms with van der Waals surface area (Å²) >= 11 is 0. The van der Waals surface area contributed by atoms with E-state index in [-0.39, 0.29) is 11.9 Å². The molecule has 0 aromatic rings. The van der Waals surface area contributed by atoms with E-state index in [4.69, 9.17) is 5.73 Å². The summed E-state index contributed by atoms with van der Waals surface area (Å²) < 4.78 is 0. The maximum atomic E-state index is 11.2. The molecule has 1 amide bonds. The zero-order chi connectivity index (χ0) is 8.97. The Bertz CT molecular complexity index is 155. The third-order valence-corrected chi connectivity index (χ3v) is 2.05. The molecule has 70 valence electrons. The van der Waals surface area contributed by atoms with Crippen LogP contribution in [0.3, 0.4) is 0 Å². The molecule has 0 radical (unpaired) electrons. The zero-order valence-electron chi connectivity index (χ0n) is 7.68. The molecule has 0 bridgehead atoms. The van der Waals surface area contributed by atoms with E-state index >= 15 is 0 Å². The van der Waals surface area contributed by atoms with Gasteiger partial charge in [0, 0.05) is 18.5 Å². The van der Waals surface area contributed by atoms with Gasteiger partial charge in [0.15, 0.2) is 0 Å². The Hall–Kier alpha value is -0.570. The first-order valence-electron chi connectivity index (χ1n) is 4.77. The molecule has 0 heterocycles. The minimum absolute atomic E-state index is 0.0498. The summed E-state index contributed by atoms with van der Waals surface area (Å²) in [6.07, 6.45) is 4.78. The highest BCUT2D eigenvalue weighted by Crippen LogP contribution is 2.18. The molecule has 3 N–H and O–H groups in total. The fourth-order valence-corrected chi connectivity index (χ4v) is 1.23. The van der Waals surface area contributed by atoms with Crippen LogP contribution in [0.5, 0.6) is 0 Å². The molecule has 0 spiro atoms. The van der Waals surface area contributed by atoms with Crippen molar-refractivity contribution in [3.8, 4) is 0 Å². The van der Waals surface area contributed by atoms with Crippen LogP contribution in [0.1, 0.15) is 39.0 Å². The van der Waals surface area contributed by atoms with Gasteiger partial charge in [-0.15, -0.1) is 0 Å². The smallest absolute Gasteiger partial charge is 0.221 e. The average Bonchev–Trinajstić information content (AvgIpc) is 2.71. The first kappa shape index (κ1) is 9.52. The van der Waals surface area contributed by atoms with E-state index in [9.17, 15) is 4.79 Å². The Labute approximate surface area is 73.7 Å². The van der Waals surface area contributed by atoms with E-state index in [1.54, 1.807) is 0 Å². The van der Waals surface area contributed by atoms with Gasteiger partial charge in [-0.2, -0.15) is 0 Å². The lowest BCUT2D eigenvalue weighted by Gasteiger charge is -2.09. The van der Waals surface area contributed by atoms with Crippen molar-refractivity contribution in [1.29, 1.82) is 0 Å². The molecule has 1 atom stereocenters. The molecule has 1 fully saturated rings. The molecule has 12 heavy (non-hydrogen) atoms. The Morgan fingerprint density at radius 1 is 1.67 bits per heavy atom. The summed E-state index contributed by atoms with van der Waals surface area (Å²) in [6, 6.07) is 0.514. The van der Waals surface area contributed by atoms with Crippen molar-refractivity contribution in [3.05, 3.63) is 0 Å². The molecular weight excluding hydrogens is 152 g/mol. The predicted molar refractivity (Wildman–Crippen MR) is 48.7 cm³/mol. The van der Waals surface area contributed by atoms with Crippen molar-refractivity contribution in [3.63, 3.8) is 0 Å². The highest BCUT2D eigenvalue weighted by Gasteiger charge is 2.23. The Morgan fingerprint density at radius 3 is 2.83 bits per heavy atom. The van der Waals surface area contributed by atoms with Gasteiger partial charge >= 0.3 is 0 Å². The van der Waals surface area contributed by atoms with Crippen LogP contribution in [-0.2, 0) is 4.79 Å². The molecule has 0 unspecified atom stereocenters. The van der Waals surface area contributed by atoms with E-state index < -0.39 is 0 Å². The number of nitrogens with two attached hydrogens (primary N) is 1. The highest BCUT2D eigenvalue weighted by molar-refractivity contribution is 5.77. The van der Waals surface area contributed by atoms with Crippen molar-refractivity contribution in [2.24, 2.45) is 5.73 Å². The van der Waals surface area contributed by atoms with Gasteiger partial charge in [0.2, 0.25) is 5.91 Å². The number of carbonyl (C=O) groups excluding carboxylic acids is 1. The van der Waals surface area contributed by atoms with E-state index in [0.29, 0.717) is 12.5 Å². The Balaban J connectivity index is 2.06. The van der Waals surface area contributed by atoms with Crippen molar-refractivity contribution in [2.75, 3.05) is 0 Å². The second-order valence-electron chi connectivity index (χ2n) is 3.59. The van der Waals surface area contributed by atoms with Gasteiger partial charge in [-0.05, 0) is 19.3 Å². The fourth-order valence-electron chi connectivity index (χ4n) is 1.23. The van der Waals surface area contributed by atoms with Gasteiger partial charge in [0.05, 0.1) is 0 Å². The number of rotatable bonds is 5. The summed E-state index contributed by atoms with van der Waals surface area (Å²) in [7, 11) is 0. The van der Waals surface area contributed by atoms with Crippen LogP contribution >= 0.6 is 0 Å². The number of nitrogens with one attached hydrogen (secondary N) is 1. The Morgan fingerprint density at radius 2 is 2.33 bits per heavy atom. The van der Waals surface area contributed by atoms with Crippen LogP contribution in [0.2, 0.25) is 0 Å². The number of carbonyl (C=O) groups is 1. The first-order valence-corrected chi connectivity index (χ1v) is 4.77. The highest BCUT2D eigenvalue weighted by atomic mass is 16.1. The number of amides is 1. The standard InChI is InChI=1S/C9H18N2O/c1-2-3-7(10)6-9(12)11-8-4-5-8/h7-8H,2-6,10H2,1H3,(H,11,12)/t7-/m0/s1. The lowest BCUT2D eigenvalue weighted by atomic mass is 10.1. The minimum atomic E-state index is 0.0498. The molecule has 1 saturated carbocycles. The van der Waals surface area contributed by atoms with Crippen molar-refractivity contribution < 1.29 is 4.79 Å². The van der Waals surface area contributed by atoms with Gasteiger partial charge in [0.25, 0.3) is 0 Å². The summed E-state index contributed by atoms with van der Waals surface area (Å²) in [5.74, 6) is 0.124. The van der Waals surface area contributed by atoms with Crippen LogP contribution in [0.4, 0.5) is 0 Å². The summed E-state index contributed by atoms with van der Waals surface area (Å²) in [4.78, 5) is 11.2. The van der Waals surface area contributed by atoms with Gasteiger partial charge in [-0.3, -0.25) is 4.79 Å². The van der Waals surface area contributed by atoms with Crippen LogP contribution in [0.15, 0.2) is 0 Å². The maximum absolute atomic E-state index is 11.2. The lowest BCUT2D eigenvalue weighted by Crippen LogP contribution is -2.32. The first-order chi connectivity index (χ1) is 5.72. The molecule has 1 rings (SSSR count). The quantitative estimate of drug-likeness (QED) is 0.640. The second kappa shape index (κ2) is 4.45. The summed E-state index contributed by atoms with van der Waals surface area (Å²) in [5.41, 5.74) is 5.72. The van der Waals surface area contributed by atoms with Crippen LogP contribution in [0.25, 0.3) is 0 Å². The largest absolute Gasteiger partial charge is 0.353 e. The third-order valence-electron chi connectivity index (χ3n) is 2.05. The van der Waals surface area contributed by atoms with Crippen LogP contribution in [0, 0.1) is 0 Å². The van der Waals surface area contributed by atoms with Crippen molar-refractivity contribution in [1.82, 2.24) is 5.32 Å². The minimum Gasteiger partial charge on any atom is -0.353 e. The summed E-state index contributed by atoms with van der Waals surface area (Å²) in [6.45, 7) is 2.08. The average molecular weight is 170 g/mol. The lowest BCUT2D eigenvalue weighted by molar-refractivity contribution is -0.121. The second-order valence-corrected chi connectivity index (χ2v) is 3.59. The molecule has 0 aromatic heterocycles. The topological polar surface area (TPSA) is 55.1 Å². The molecule has 0 saturated heterocycles. The maximum Gasteiger partial charge on any atom is 0.221 e. The van der Waals surface area contributed by atoms with Crippen LogP contribution in [-0.4, -0.2) is 18.0 Å². The van der Waals surface area contributed by atoms with Gasteiger partial charge in [0.1, 0.15) is 0 Å². The molecule has 1 aliphatic carbocycles. The Kier molecular flexibility index (Phi) is 3.53. The third kappa shape index (κ3) is 3.72. The molecule has 3 nitrogen and oxygen atoms in total. The van der Waals surface area contributed by atoms with Gasteiger partial charge in [-0.1, -0.05) is 13.3 Å². The molecule has 3 heteroatoms. The predicted octanol–water partition coefficient (Wildman–Crippen LogP) is 0.783. The van der Waals surface area contributed by atoms with Crippen LogP contribution < -0.4 is 11.1 Å². The van der Waals surface area contributed by atoms with Gasteiger partial charge < -0.3 is 11.1 Å². The van der Waals surface area contributed by atoms with Gasteiger partial charge in [-0.25, -0.2) is 0 Å². The van der Waals surface area contributed by atoms with Crippen molar-refractivity contribution >= 4 is 5.91 Å². The van der Waals surface area contributed by atoms with E-state index in [1.165, 1.54) is 0 Å². The monoisotopic (exact) mass is 170 g/mol. The molecule has 0 aromatic carbocycles. The number of hydrogen-bond acceptors (Lipinski definition) is 2. The van der Waals surface area contributed by atoms with E-state index in [0.717, 1.165) is 25.7 Å². The molecule has 0 aliphatic heterocycles. The SMILES string of the molecule is CCC[C@H](N)CC(=O)NC1CC1. The zero-order valence-corrected chi connectivity index (χ0v) is 7.68. The fraction of sp³-hybridized carbons (Fsp3) is 0.889. The summed E-state index contributed by atoms with van der Waals surface area (Å²) in [5, 5.41) is 2.92. The van der Waals surface area contributed by atoms with Crippen molar-refractivity contribution in [2.45, 2.75) is 51.1 Å². The molecular formula is C9H18N2O. The number of hydrogen-bond donors (Lipinski definition) is 2. The van der Waals surface area contributed by atoms with E-state index in [1.807, 2.05) is 0 Å². The normalized spacial score (nSPS) is 18.8.